The van der Waals surface area contributed by atoms with Gasteiger partial charge in [0.1, 0.15) is 11.4 Å². The predicted molar refractivity (Wildman–Crippen MR) is 77.8 cm³/mol. The smallest absolute Gasteiger partial charge is 0.274 e. The normalized spacial score (nSPS) is 14.0. The number of hydrogen-bond donors (Lipinski definition) is 2. The second kappa shape index (κ2) is 5.57. The molecule has 2 heterocycles. The zero-order valence-corrected chi connectivity index (χ0v) is 11.7. The zero-order chi connectivity index (χ0) is 14.8. The van der Waals surface area contributed by atoms with Gasteiger partial charge < -0.3 is 20.3 Å². The molecular weight excluding hydrogens is 268 g/mol. The van der Waals surface area contributed by atoms with E-state index in [9.17, 15) is 9.90 Å². The van der Waals surface area contributed by atoms with Crippen LogP contribution < -0.4 is 5.73 Å². The first-order valence-corrected chi connectivity index (χ1v) is 6.99. The Morgan fingerprint density at radius 1 is 1.38 bits per heavy atom. The van der Waals surface area contributed by atoms with Gasteiger partial charge in [-0.1, -0.05) is 6.07 Å². The average molecular weight is 286 g/mol. The lowest BCUT2D eigenvalue weighted by Gasteiger charge is -2.28. The van der Waals surface area contributed by atoms with Gasteiger partial charge in [-0.05, 0) is 29.7 Å². The van der Waals surface area contributed by atoms with Gasteiger partial charge in [-0.15, -0.1) is 0 Å². The molecule has 1 aliphatic rings. The van der Waals surface area contributed by atoms with Crippen LogP contribution in [-0.4, -0.2) is 38.6 Å². The Hall–Kier alpha value is -2.34. The molecule has 0 radical (unpaired) electrons. The van der Waals surface area contributed by atoms with E-state index in [1.54, 1.807) is 29.6 Å². The summed E-state index contributed by atoms with van der Waals surface area (Å²) in [6.45, 7) is 2.34. The molecule has 3 N–H and O–H groups in total. The maximum atomic E-state index is 12.5. The molecule has 0 atom stereocenters. The van der Waals surface area contributed by atoms with E-state index in [1.165, 1.54) is 5.56 Å². The topological polar surface area (TPSA) is 84.4 Å². The fourth-order valence-electron chi connectivity index (χ4n) is 2.62. The van der Waals surface area contributed by atoms with Crippen molar-refractivity contribution < 1.29 is 9.90 Å². The summed E-state index contributed by atoms with van der Waals surface area (Å²) in [5, 5.41) is 9.56. The summed E-state index contributed by atoms with van der Waals surface area (Å²) in [6.07, 6.45) is 4.15. The highest BCUT2D eigenvalue weighted by molar-refractivity contribution is 5.92. The quantitative estimate of drug-likeness (QED) is 0.872. The monoisotopic (exact) mass is 286 g/mol. The van der Waals surface area contributed by atoms with Crippen LogP contribution in [0, 0.1) is 0 Å². The minimum absolute atomic E-state index is 0.0836. The second-order valence-electron chi connectivity index (χ2n) is 5.22. The first kappa shape index (κ1) is 13.6. The number of phenolic OH excluding ortho intramolecular Hbond substituents is 1. The van der Waals surface area contributed by atoms with Gasteiger partial charge in [0.15, 0.2) is 0 Å². The highest BCUT2D eigenvalue weighted by Crippen LogP contribution is 2.23. The summed E-state index contributed by atoms with van der Waals surface area (Å²) >= 11 is 0. The van der Waals surface area contributed by atoms with Crippen molar-refractivity contribution in [3.63, 3.8) is 0 Å². The van der Waals surface area contributed by atoms with E-state index in [0.29, 0.717) is 31.9 Å². The predicted octanol–water partition coefficient (Wildman–Crippen LogP) is 0.746. The third-order valence-corrected chi connectivity index (χ3v) is 3.73. The van der Waals surface area contributed by atoms with Crippen LogP contribution in [0.25, 0.3) is 0 Å². The number of hydrogen-bond acceptors (Lipinski definition) is 4. The Labute approximate surface area is 122 Å². The van der Waals surface area contributed by atoms with E-state index in [2.05, 4.69) is 4.98 Å². The Morgan fingerprint density at radius 2 is 2.24 bits per heavy atom. The van der Waals surface area contributed by atoms with Crippen molar-refractivity contribution in [3.8, 4) is 5.75 Å². The molecule has 1 aliphatic heterocycles. The van der Waals surface area contributed by atoms with Gasteiger partial charge in [0.2, 0.25) is 0 Å². The number of fused-ring (bicyclic) bond motifs is 1. The number of carbonyl (C=O) groups is 1. The zero-order valence-electron chi connectivity index (χ0n) is 11.7. The van der Waals surface area contributed by atoms with Crippen LogP contribution in [0.5, 0.6) is 5.75 Å². The van der Waals surface area contributed by atoms with Gasteiger partial charge in [-0.3, -0.25) is 4.79 Å². The van der Waals surface area contributed by atoms with Crippen molar-refractivity contribution in [2.45, 2.75) is 19.5 Å². The lowest BCUT2D eigenvalue weighted by atomic mass is 9.99. The number of nitrogens with two attached hydrogens (primary N) is 1. The molecule has 1 amide bonds. The van der Waals surface area contributed by atoms with Crippen LogP contribution >= 0.6 is 0 Å². The van der Waals surface area contributed by atoms with Gasteiger partial charge in [-0.25, -0.2) is 4.98 Å². The highest BCUT2D eigenvalue weighted by Gasteiger charge is 2.23. The minimum Gasteiger partial charge on any atom is -0.508 e. The summed E-state index contributed by atoms with van der Waals surface area (Å²) in [5.74, 6) is 0.148. The maximum absolute atomic E-state index is 12.5. The van der Waals surface area contributed by atoms with Gasteiger partial charge in [0.25, 0.3) is 5.91 Å². The first-order chi connectivity index (χ1) is 10.2. The number of carbonyl (C=O) groups excluding carboxylic acids is 1. The standard InChI is InChI=1S/C15H18N4O2/c16-4-6-18-9-14(17-10-18)15(21)19-5-3-11-1-2-13(20)7-12(11)8-19/h1-2,7,9-10,20H,3-6,8,16H2. The van der Waals surface area contributed by atoms with Crippen LogP contribution in [-0.2, 0) is 19.5 Å². The lowest BCUT2D eigenvalue weighted by Crippen LogP contribution is -2.36. The van der Waals surface area contributed by atoms with Crippen LogP contribution in [0.3, 0.4) is 0 Å². The first-order valence-electron chi connectivity index (χ1n) is 6.99. The lowest BCUT2D eigenvalue weighted by molar-refractivity contribution is 0.0729. The molecule has 2 aromatic rings. The molecule has 0 aliphatic carbocycles. The van der Waals surface area contributed by atoms with Crippen molar-refractivity contribution in [1.29, 1.82) is 0 Å². The molecule has 1 aromatic carbocycles. The molecule has 0 fully saturated rings. The molecule has 0 spiro atoms. The fraction of sp³-hybridized carbons (Fsp3) is 0.333. The molecule has 110 valence electrons. The molecule has 21 heavy (non-hydrogen) atoms. The molecular formula is C15H18N4O2. The third-order valence-electron chi connectivity index (χ3n) is 3.73. The fourth-order valence-corrected chi connectivity index (χ4v) is 2.62. The second-order valence-corrected chi connectivity index (χ2v) is 5.22. The SMILES string of the molecule is NCCn1cnc(C(=O)N2CCc3ccc(O)cc3C2)c1. The summed E-state index contributed by atoms with van der Waals surface area (Å²) in [5.41, 5.74) is 8.11. The molecule has 0 unspecified atom stereocenters. The van der Waals surface area contributed by atoms with E-state index in [0.717, 1.165) is 12.0 Å². The van der Waals surface area contributed by atoms with Gasteiger partial charge >= 0.3 is 0 Å². The van der Waals surface area contributed by atoms with Crippen LogP contribution in [0.4, 0.5) is 0 Å². The van der Waals surface area contributed by atoms with Crippen molar-refractivity contribution in [2.24, 2.45) is 5.73 Å². The Morgan fingerprint density at radius 3 is 3.05 bits per heavy atom. The van der Waals surface area contributed by atoms with Crippen LogP contribution in [0.2, 0.25) is 0 Å². The maximum Gasteiger partial charge on any atom is 0.274 e. The number of amides is 1. The molecule has 0 saturated carbocycles. The van der Waals surface area contributed by atoms with E-state index < -0.39 is 0 Å². The summed E-state index contributed by atoms with van der Waals surface area (Å²) in [4.78, 5) is 18.4. The Bertz CT molecular complexity index is 665. The number of benzene rings is 1. The number of imidazole rings is 1. The summed E-state index contributed by atoms with van der Waals surface area (Å²) in [6, 6.07) is 5.33. The van der Waals surface area contributed by atoms with Crippen molar-refractivity contribution >= 4 is 5.91 Å². The Balaban J connectivity index is 1.76. The van der Waals surface area contributed by atoms with Crippen molar-refractivity contribution in [3.05, 3.63) is 47.5 Å². The van der Waals surface area contributed by atoms with Crippen LogP contribution in [0.1, 0.15) is 21.6 Å². The van der Waals surface area contributed by atoms with Gasteiger partial charge in [-0.2, -0.15) is 0 Å². The Kier molecular flexibility index (Phi) is 3.62. The van der Waals surface area contributed by atoms with Gasteiger partial charge in [0, 0.05) is 32.4 Å². The van der Waals surface area contributed by atoms with Gasteiger partial charge in [0.05, 0.1) is 6.33 Å². The highest BCUT2D eigenvalue weighted by atomic mass is 16.3. The number of aromatic nitrogens is 2. The van der Waals surface area contributed by atoms with Crippen molar-refractivity contribution in [1.82, 2.24) is 14.5 Å². The van der Waals surface area contributed by atoms with E-state index in [4.69, 9.17) is 5.73 Å². The molecule has 6 heteroatoms. The van der Waals surface area contributed by atoms with Crippen LogP contribution in [0.15, 0.2) is 30.7 Å². The number of nitrogens with zero attached hydrogens (tertiary/aromatic N) is 3. The third kappa shape index (κ3) is 2.75. The van der Waals surface area contributed by atoms with Crippen molar-refractivity contribution in [2.75, 3.05) is 13.1 Å². The number of phenols is 1. The minimum atomic E-state index is -0.0836. The molecule has 0 bridgehead atoms. The number of aromatic hydroxyl groups is 1. The molecule has 3 rings (SSSR count). The molecule has 0 saturated heterocycles. The van der Waals surface area contributed by atoms with E-state index in [1.807, 2.05) is 10.6 Å². The largest absolute Gasteiger partial charge is 0.508 e. The number of rotatable bonds is 3. The molecule has 6 nitrogen and oxygen atoms in total. The van der Waals surface area contributed by atoms with E-state index in [-0.39, 0.29) is 11.7 Å². The average Bonchev–Trinajstić information content (AvgIpc) is 2.94. The summed E-state index contributed by atoms with van der Waals surface area (Å²) in [7, 11) is 0. The molecule has 1 aromatic heterocycles. The van der Waals surface area contributed by atoms with E-state index >= 15 is 0 Å². The summed E-state index contributed by atoms with van der Waals surface area (Å²) < 4.78 is 1.82.